The van der Waals surface area contributed by atoms with E-state index in [4.69, 9.17) is 15.5 Å². The van der Waals surface area contributed by atoms with Crippen LogP contribution in [0.15, 0.2) is 53.2 Å². The van der Waals surface area contributed by atoms with Gasteiger partial charge in [0.25, 0.3) is 5.89 Å². The second kappa shape index (κ2) is 7.08. The number of hydrogen-bond donors (Lipinski definition) is 1. The van der Waals surface area contributed by atoms with E-state index in [0.29, 0.717) is 17.2 Å². The Labute approximate surface area is 159 Å². The summed E-state index contributed by atoms with van der Waals surface area (Å²) in [4.78, 5) is 22.7. The molecule has 3 aromatic heterocycles. The molecule has 136 valence electrons. The molecule has 4 rings (SSSR count). The van der Waals surface area contributed by atoms with Gasteiger partial charge in [0.15, 0.2) is 0 Å². The Morgan fingerprint density at radius 1 is 1.00 bits per heavy atom. The Balaban J connectivity index is 1.67. The van der Waals surface area contributed by atoms with Gasteiger partial charge in [-0.25, -0.2) is 4.98 Å². The van der Waals surface area contributed by atoms with Crippen LogP contribution in [0.1, 0.15) is 5.69 Å². The number of para-hydroxylation sites is 1. The first-order valence-electron chi connectivity index (χ1n) is 8.15. The van der Waals surface area contributed by atoms with Gasteiger partial charge >= 0.3 is 0 Å². The number of benzene rings is 1. The average molecular weight is 371 g/mol. The molecule has 10 heteroatoms. The molecule has 0 aliphatic heterocycles. The van der Waals surface area contributed by atoms with E-state index in [1.54, 1.807) is 17.0 Å². The normalized spacial score (nSPS) is 10.4. The third-order valence-electron chi connectivity index (χ3n) is 3.84. The fourth-order valence-corrected chi connectivity index (χ4v) is 2.42. The van der Waals surface area contributed by atoms with Crippen LogP contribution in [0.5, 0.6) is 0 Å². The second-order valence-corrected chi connectivity index (χ2v) is 5.68. The van der Waals surface area contributed by atoms with Crippen molar-refractivity contribution in [2.45, 2.75) is 0 Å². The van der Waals surface area contributed by atoms with Gasteiger partial charge in [-0.15, -0.1) is 0 Å². The lowest BCUT2D eigenvalue weighted by molar-refractivity contribution is 0.431. The number of hydrogen-bond acceptors (Lipinski definition) is 10. The van der Waals surface area contributed by atoms with E-state index in [-0.39, 0.29) is 23.5 Å². The molecule has 4 aromatic rings. The van der Waals surface area contributed by atoms with Crippen LogP contribution in [-0.4, -0.2) is 37.1 Å². The molecule has 0 unspecified atom stereocenters. The zero-order valence-corrected chi connectivity index (χ0v) is 14.7. The average Bonchev–Trinajstić information content (AvgIpc) is 3.24. The smallest absolute Gasteiger partial charge is 0.259 e. The number of aromatic nitrogens is 6. The minimum atomic E-state index is 0.0363. The zero-order chi connectivity index (χ0) is 19.5. The van der Waals surface area contributed by atoms with Crippen LogP contribution >= 0.6 is 0 Å². The summed E-state index contributed by atoms with van der Waals surface area (Å²) >= 11 is 0. The van der Waals surface area contributed by atoms with Crippen molar-refractivity contribution in [3.8, 4) is 29.2 Å². The highest BCUT2D eigenvalue weighted by Crippen LogP contribution is 2.24. The molecule has 3 heterocycles. The Hall–Kier alpha value is -4.39. The Kier molecular flexibility index (Phi) is 4.31. The Morgan fingerprint density at radius 2 is 1.82 bits per heavy atom. The molecule has 0 aliphatic carbocycles. The molecule has 1 aromatic carbocycles. The van der Waals surface area contributed by atoms with Gasteiger partial charge in [-0.3, -0.25) is 0 Å². The zero-order valence-electron chi connectivity index (χ0n) is 14.7. The maximum absolute atomic E-state index is 8.83. The number of nitriles is 1. The van der Waals surface area contributed by atoms with Gasteiger partial charge in [0, 0.05) is 18.9 Å². The summed E-state index contributed by atoms with van der Waals surface area (Å²) in [6.07, 6.45) is 1.48. The maximum Gasteiger partial charge on any atom is 0.259 e. The number of nitrogen functional groups attached to an aromatic ring is 1. The third-order valence-corrected chi connectivity index (χ3v) is 3.84. The molecule has 0 saturated carbocycles. The van der Waals surface area contributed by atoms with Gasteiger partial charge in [-0.05, 0) is 24.3 Å². The van der Waals surface area contributed by atoms with Gasteiger partial charge in [0.2, 0.25) is 23.5 Å². The molecule has 2 N–H and O–H groups in total. The van der Waals surface area contributed by atoms with Gasteiger partial charge in [0.1, 0.15) is 11.8 Å². The van der Waals surface area contributed by atoms with Crippen LogP contribution in [0.2, 0.25) is 0 Å². The van der Waals surface area contributed by atoms with Crippen molar-refractivity contribution >= 4 is 17.6 Å². The van der Waals surface area contributed by atoms with Gasteiger partial charge in [-0.2, -0.15) is 25.2 Å². The highest BCUT2D eigenvalue weighted by molar-refractivity contribution is 5.60. The lowest BCUT2D eigenvalue weighted by atomic mass is 10.2. The molecule has 0 saturated heterocycles. The van der Waals surface area contributed by atoms with Crippen LogP contribution in [0, 0.1) is 11.3 Å². The van der Waals surface area contributed by atoms with Crippen molar-refractivity contribution in [3.63, 3.8) is 0 Å². The molecule has 0 atom stereocenters. The van der Waals surface area contributed by atoms with Crippen molar-refractivity contribution in [2.24, 2.45) is 0 Å². The summed E-state index contributed by atoms with van der Waals surface area (Å²) < 4.78 is 5.26. The molecule has 0 fully saturated rings. The summed E-state index contributed by atoms with van der Waals surface area (Å²) in [6, 6.07) is 14.8. The first-order valence-corrected chi connectivity index (χ1v) is 8.15. The summed E-state index contributed by atoms with van der Waals surface area (Å²) in [5.41, 5.74) is 7.60. The van der Waals surface area contributed by atoms with E-state index in [2.05, 4.69) is 30.1 Å². The quantitative estimate of drug-likeness (QED) is 0.567. The third kappa shape index (κ3) is 3.32. The van der Waals surface area contributed by atoms with Crippen LogP contribution < -0.4 is 10.6 Å². The van der Waals surface area contributed by atoms with Gasteiger partial charge in [0.05, 0.1) is 5.56 Å². The number of anilines is 3. The first kappa shape index (κ1) is 17.0. The standard InChI is InChI=1S/C18H13N9O/c1-27(13-5-3-2-4-6-13)18-24-14(23-17(20)25-18)15-22-16(28-26-15)11-7-8-12(9-19)21-10-11/h2-8,10H,1H3,(H2,20,23,24,25). The second-order valence-electron chi connectivity index (χ2n) is 5.68. The Morgan fingerprint density at radius 3 is 2.54 bits per heavy atom. The monoisotopic (exact) mass is 371 g/mol. The van der Waals surface area contributed by atoms with Crippen LogP contribution in [-0.2, 0) is 0 Å². The lowest BCUT2D eigenvalue weighted by Gasteiger charge is -2.17. The largest absolute Gasteiger partial charge is 0.368 e. The Bertz CT molecular complexity index is 1150. The molecule has 0 bridgehead atoms. The van der Waals surface area contributed by atoms with Crippen molar-refractivity contribution in [3.05, 3.63) is 54.4 Å². The first-order chi connectivity index (χ1) is 13.6. The molecular weight excluding hydrogens is 358 g/mol. The summed E-state index contributed by atoms with van der Waals surface area (Å²) in [5.74, 6) is 0.955. The fraction of sp³-hybridized carbons (Fsp3) is 0.0556. The molecule has 0 aliphatic rings. The van der Waals surface area contributed by atoms with E-state index in [1.807, 2.05) is 43.4 Å². The predicted octanol–water partition coefficient (Wildman–Crippen LogP) is 2.21. The van der Waals surface area contributed by atoms with Crippen molar-refractivity contribution in [1.82, 2.24) is 30.1 Å². The summed E-state index contributed by atoms with van der Waals surface area (Å²) in [7, 11) is 1.82. The molecular formula is C18H13N9O. The molecule has 0 radical (unpaired) electrons. The maximum atomic E-state index is 8.83. The van der Waals surface area contributed by atoms with E-state index >= 15 is 0 Å². The van der Waals surface area contributed by atoms with Gasteiger partial charge < -0.3 is 15.2 Å². The van der Waals surface area contributed by atoms with E-state index in [9.17, 15) is 0 Å². The van der Waals surface area contributed by atoms with Crippen LogP contribution in [0.4, 0.5) is 17.6 Å². The predicted molar refractivity (Wildman–Crippen MR) is 100.0 cm³/mol. The topological polar surface area (TPSA) is 144 Å². The summed E-state index contributed by atoms with van der Waals surface area (Å²) in [5, 5.41) is 12.7. The molecule has 0 amide bonds. The molecule has 28 heavy (non-hydrogen) atoms. The van der Waals surface area contributed by atoms with Crippen LogP contribution in [0.25, 0.3) is 23.1 Å². The lowest BCUT2D eigenvalue weighted by Crippen LogP contribution is -2.15. The number of nitrogens with zero attached hydrogens (tertiary/aromatic N) is 8. The van der Waals surface area contributed by atoms with Crippen molar-refractivity contribution in [1.29, 1.82) is 5.26 Å². The highest BCUT2D eigenvalue weighted by atomic mass is 16.5. The number of nitrogens with two attached hydrogens (primary N) is 1. The minimum Gasteiger partial charge on any atom is -0.368 e. The number of pyridine rings is 1. The highest BCUT2D eigenvalue weighted by Gasteiger charge is 2.17. The SMILES string of the molecule is CN(c1ccccc1)c1nc(N)nc(-c2noc(-c3ccc(C#N)nc3)n2)n1. The van der Waals surface area contributed by atoms with Crippen molar-refractivity contribution < 1.29 is 4.52 Å². The van der Waals surface area contributed by atoms with Gasteiger partial charge in [-0.1, -0.05) is 23.4 Å². The van der Waals surface area contributed by atoms with E-state index in [0.717, 1.165) is 5.69 Å². The molecule has 10 nitrogen and oxygen atoms in total. The van der Waals surface area contributed by atoms with Crippen molar-refractivity contribution in [2.75, 3.05) is 17.7 Å². The van der Waals surface area contributed by atoms with E-state index < -0.39 is 0 Å². The number of rotatable bonds is 4. The minimum absolute atomic E-state index is 0.0363. The van der Waals surface area contributed by atoms with Crippen LogP contribution in [0.3, 0.4) is 0 Å². The summed E-state index contributed by atoms with van der Waals surface area (Å²) in [6.45, 7) is 0. The fourth-order valence-electron chi connectivity index (χ4n) is 2.42. The molecule has 0 spiro atoms. The van der Waals surface area contributed by atoms with E-state index in [1.165, 1.54) is 6.20 Å².